The van der Waals surface area contributed by atoms with E-state index in [0.29, 0.717) is 11.1 Å². The molecule has 0 aromatic heterocycles. The second-order valence-corrected chi connectivity index (χ2v) is 4.54. The monoisotopic (exact) mass is 244 g/mol. The summed E-state index contributed by atoms with van der Waals surface area (Å²) in [6.45, 7) is 5.50. The molecule has 2 aromatic carbocycles. The molecule has 0 unspecified atom stereocenters. The Morgan fingerprint density at radius 2 is 1.22 bits per heavy atom. The molecule has 0 saturated heterocycles. The van der Waals surface area contributed by atoms with Crippen LogP contribution < -0.4 is 0 Å². The Labute approximate surface area is 106 Å². The summed E-state index contributed by atoms with van der Waals surface area (Å²) in [5.74, 6) is -1.01. The normalized spacial score (nSPS) is 10.6. The lowest BCUT2D eigenvalue weighted by molar-refractivity contribution is 0.366. The molecule has 0 bridgehead atoms. The van der Waals surface area contributed by atoms with Crippen LogP contribution in [0.25, 0.3) is 11.1 Å². The van der Waals surface area contributed by atoms with E-state index in [2.05, 4.69) is 0 Å². The molecule has 0 aliphatic rings. The molecule has 0 aliphatic carbocycles. The van der Waals surface area contributed by atoms with E-state index in [9.17, 15) is 15.3 Å². The summed E-state index contributed by atoms with van der Waals surface area (Å²) in [6.07, 6.45) is 0. The Morgan fingerprint density at radius 3 is 1.78 bits per heavy atom. The van der Waals surface area contributed by atoms with Crippen LogP contribution in [-0.2, 0) is 0 Å². The highest BCUT2D eigenvalue weighted by molar-refractivity contribution is 5.80. The number of rotatable bonds is 1. The first-order valence-electron chi connectivity index (χ1n) is 5.74. The number of benzene rings is 2. The summed E-state index contributed by atoms with van der Waals surface area (Å²) in [4.78, 5) is 0. The van der Waals surface area contributed by atoms with Gasteiger partial charge in [-0.15, -0.1) is 0 Å². The van der Waals surface area contributed by atoms with Crippen LogP contribution in [0.2, 0.25) is 0 Å². The lowest BCUT2D eigenvalue weighted by Gasteiger charge is -2.15. The van der Waals surface area contributed by atoms with Crippen molar-refractivity contribution in [3.8, 4) is 28.4 Å². The SMILES string of the molecule is Cc1ccc(-c2c(C)c(C)c(O)c(O)c2O)cc1. The van der Waals surface area contributed by atoms with E-state index in [0.717, 1.165) is 16.7 Å². The summed E-state index contributed by atoms with van der Waals surface area (Å²) < 4.78 is 0. The molecule has 0 radical (unpaired) electrons. The molecule has 0 atom stereocenters. The van der Waals surface area contributed by atoms with Gasteiger partial charge in [0.2, 0.25) is 5.75 Å². The van der Waals surface area contributed by atoms with Crippen LogP contribution in [0.5, 0.6) is 17.2 Å². The fraction of sp³-hybridized carbons (Fsp3) is 0.200. The molecule has 0 aliphatic heterocycles. The van der Waals surface area contributed by atoms with Gasteiger partial charge in [0, 0.05) is 5.56 Å². The lowest BCUT2D eigenvalue weighted by Crippen LogP contribution is -1.91. The van der Waals surface area contributed by atoms with Crippen molar-refractivity contribution in [2.45, 2.75) is 20.8 Å². The van der Waals surface area contributed by atoms with Gasteiger partial charge in [0.25, 0.3) is 0 Å². The number of hydrogen-bond acceptors (Lipinski definition) is 3. The quantitative estimate of drug-likeness (QED) is 0.674. The van der Waals surface area contributed by atoms with Gasteiger partial charge in [0.05, 0.1) is 0 Å². The fourth-order valence-electron chi connectivity index (χ4n) is 2.02. The molecule has 18 heavy (non-hydrogen) atoms. The number of aromatic hydroxyl groups is 3. The molecule has 0 saturated carbocycles. The van der Waals surface area contributed by atoms with Gasteiger partial charge in [-0.2, -0.15) is 0 Å². The lowest BCUT2D eigenvalue weighted by atomic mass is 9.94. The molecule has 0 amide bonds. The van der Waals surface area contributed by atoms with Gasteiger partial charge >= 0.3 is 0 Å². The van der Waals surface area contributed by atoms with Crippen molar-refractivity contribution in [1.82, 2.24) is 0 Å². The fourth-order valence-corrected chi connectivity index (χ4v) is 2.02. The highest BCUT2D eigenvalue weighted by atomic mass is 16.3. The van der Waals surface area contributed by atoms with Gasteiger partial charge in [0.1, 0.15) is 0 Å². The zero-order chi connectivity index (χ0) is 13.4. The minimum absolute atomic E-state index is 0.263. The Morgan fingerprint density at radius 1 is 0.667 bits per heavy atom. The van der Waals surface area contributed by atoms with Crippen LogP contribution >= 0.6 is 0 Å². The van der Waals surface area contributed by atoms with E-state index in [1.54, 1.807) is 6.92 Å². The van der Waals surface area contributed by atoms with Crippen LogP contribution in [0.3, 0.4) is 0 Å². The van der Waals surface area contributed by atoms with Crippen molar-refractivity contribution in [3.63, 3.8) is 0 Å². The zero-order valence-corrected chi connectivity index (χ0v) is 10.7. The topological polar surface area (TPSA) is 60.7 Å². The average molecular weight is 244 g/mol. The van der Waals surface area contributed by atoms with Crippen molar-refractivity contribution < 1.29 is 15.3 Å². The van der Waals surface area contributed by atoms with E-state index in [4.69, 9.17) is 0 Å². The Bertz CT molecular complexity index is 569. The van der Waals surface area contributed by atoms with Crippen molar-refractivity contribution in [1.29, 1.82) is 0 Å². The van der Waals surface area contributed by atoms with Crippen molar-refractivity contribution in [2.24, 2.45) is 0 Å². The minimum Gasteiger partial charge on any atom is -0.504 e. The van der Waals surface area contributed by atoms with Crippen molar-refractivity contribution in [2.75, 3.05) is 0 Å². The predicted molar refractivity (Wildman–Crippen MR) is 71.1 cm³/mol. The number of aryl methyl sites for hydroxylation is 1. The van der Waals surface area contributed by atoms with Gasteiger partial charge in [-0.1, -0.05) is 29.8 Å². The van der Waals surface area contributed by atoms with Gasteiger partial charge in [-0.3, -0.25) is 0 Å². The van der Waals surface area contributed by atoms with Crippen molar-refractivity contribution in [3.05, 3.63) is 41.0 Å². The Kier molecular flexibility index (Phi) is 2.91. The van der Waals surface area contributed by atoms with Crippen LogP contribution in [0.1, 0.15) is 16.7 Å². The second-order valence-electron chi connectivity index (χ2n) is 4.54. The summed E-state index contributed by atoms with van der Waals surface area (Å²) in [6, 6.07) is 7.64. The van der Waals surface area contributed by atoms with Gasteiger partial charge < -0.3 is 15.3 Å². The average Bonchev–Trinajstić information content (AvgIpc) is 2.36. The van der Waals surface area contributed by atoms with Crippen LogP contribution in [0, 0.1) is 20.8 Å². The number of phenolic OH excluding ortho intramolecular Hbond substituents is 3. The third-order valence-electron chi connectivity index (χ3n) is 3.32. The standard InChI is InChI=1S/C15H16O3/c1-8-4-6-11(7-5-8)12-9(2)10(3)13(16)15(18)14(12)17/h4-7,16-18H,1-3H3. The molecular weight excluding hydrogens is 228 g/mol. The molecular formula is C15H16O3. The first-order chi connectivity index (χ1) is 8.43. The molecule has 3 nitrogen and oxygen atoms in total. The molecule has 0 fully saturated rings. The predicted octanol–water partition coefficient (Wildman–Crippen LogP) is 3.40. The molecule has 2 aromatic rings. The van der Waals surface area contributed by atoms with E-state index >= 15 is 0 Å². The first kappa shape index (κ1) is 12.3. The second kappa shape index (κ2) is 4.26. The molecule has 94 valence electrons. The highest BCUT2D eigenvalue weighted by Crippen LogP contribution is 2.47. The molecule has 3 N–H and O–H groups in total. The van der Waals surface area contributed by atoms with Crippen LogP contribution in [0.15, 0.2) is 24.3 Å². The summed E-state index contributed by atoms with van der Waals surface area (Å²) in [5.41, 5.74) is 3.82. The summed E-state index contributed by atoms with van der Waals surface area (Å²) >= 11 is 0. The minimum atomic E-state index is -0.464. The third kappa shape index (κ3) is 1.78. The molecule has 2 rings (SSSR count). The molecule has 3 heteroatoms. The maximum absolute atomic E-state index is 10.00. The largest absolute Gasteiger partial charge is 0.504 e. The molecule has 0 heterocycles. The van der Waals surface area contributed by atoms with E-state index in [-0.39, 0.29) is 11.5 Å². The maximum atomic E-state index is 10.00. The van der Waals surface area contributed by atoms with Crippen molar-refractivity contribution >= 4 is 0 Å². The van der Waals surface area contributed by atoms with E-state index < -0.39 is 5.75 Å². The Hall–Kier alpha value is -2.16. The van der Waals surface area contributed by atoms with Crippen LogP contribution in [-0.4, -0.2) is 15.3 Å². The molecule has 0 spiro atoms. The summed E-state index contributed by atoms with van der Waals surface area (Å²) in [7, 11) is 0. The van der Waals surface area contributed by atoms with Crippen LogP contribution in [0.4, 0.5) is 0 Å². The highest BCUT2D eigenvalue weighted by Gasteiger charge is 2.19. The number of phenols is 3. The third-order valence-corrected chi connectivity index (χ3v) is 3.32. The summed E-state index contributed by atoms with van der Waals surface area (Å²) in [5, 5.41) is 29.4. The van der Waals surface area contributed by atoms with E-state index in [1.165, 1.54) is 0 Å². The van der Waals surface area contributed by atoms with Gasteiger partial charge in [-0.25, -0.2) is 0 Å². The van der Waals surface area contributed by atoms with E-state index in [1.807, 2.05) is 38.1 Å². The number of hydrogen-bond donors (Lipinski definition) is 3. The smallest absolute Gasteiger partial charge is 0.201 e. The van der Waals surface area contributed by atoms with Gasteiger partial charge in [0.15, 0.2) is 11.5 Å². The zero-order valence-electron chi connectivity index (χ0n) is 10.7. The first-order valence-corrected chi connectivity index (χ1v) is 5.74. The van der Waals surface area contributed by atoms with Gasteiger partial charge in [-0.05, 0) is 37.5 Å². The Balaban J connectivity index is 2.75. The maximum Gasteiger partial charge on any atom is 0.201 e.